The van der Waals surface area contributed by atoms with Crippen molar-refractivity contribution >= 4 is 38.5 Å². The number of hydrogen-bond donors (Lipinski definition) is 3. The van der Waals surface area contributed by atoms with Crippen LogP contribution < -0.4 is 37.8 Å². The van der Waals surface area contributed by atoms with E-state index >= 15 is 0 Å². The average molecular weight is 707 g/mol. The molecule has 4 aliphatic heterocycles. The molecule has 4 aliphatic rings. The highest BCUT2D eigenvalue weighted by atomic mass is 79.9. The fraction of sp³-hybridized carbons (Fsp3) is 0.618. The predicted molar refractivity (Wildman–Crippen MR) is 183 cm³/mol. The van der Waals surface area contributed by atoms with E-state index in [1.807, 2.05) is 43.3 Å². The summed E-state index contributed by atoms with van der Waals surface area (Å²) >= 11 is 5.71. The van der Waals surface area contributed by atoms with Crippen LogP contribution in [0.3, 0.4) is 0 Å². The molecule has 2 bridgehead atoms. The molecule has 2 aromatic rings. The Kier molecular flexibility index (Phi) is 11.8. The van der Waals surface area contributed by atoms with E-state index in [4.69, 9.17) is 12.2 Å². The minimum absolute atomic E-state index is 0. The lowest BCUT2D eigenvalue weighted by Gasteiger charge is -2.49. The van der Waals surface area contributed by atoms with Crippen molar-refractivity contribution in [1.29, 1.82) is 0 Å². The first-order valence-corrected chi connectivity index (χ1v) is 18.5. The fourth-order valence-corrected chi connectivity index (χ4v) is 9.90. The minimum atomic E-state index is -3.49. The summed E-state index contributed by atoms with van der Waals surface area (Å²) in [7, 11) is 0.485. The number of rotatable bonds is 11. The SMILES string of the molecule is CCCCC1(CC)CS(=O)(=O)c2ccc(N(C)C)cc2C(c2cccc(NC(=S)NCCC[N+]34CCC(CC3)CC4)c2)N1.[Br-]. The maximum Gasteiger partial charge on any atom is 0.180 e. The van der Waals surface area contributed by atoms with Crippen LogP contribution in [0.2, 0.25) is 0 Å². The zero-order valence-corrected chi connectivity index (χ0v) is 30.2. The van der Waals surface area contributed by atoms with Gasteiger partial charge in [-0.3, -0.25) is 5.32 Å². The highest BCUT2D eigenvalue weighted by Gasteiger charge is 2.42. The van der Waals surface area contributed by atoms with E-state index in [0.29, 0.717) is 10.0 Å². The molecule has 2 aromatic carbocycles. The molecule has 3 fully saturated rings. The van der Waals surface area contributed by atoms with Crippen LogP contribution in [0.25, 0.3) is 0 Å². The number of nitrogens with one attached hydrogen (secondary N) is 3. The van der Waals surface area contributed by atoms with Gasteiger partial charge in [-0.05, 0) is 91.7 Å². The molecular weight excluding hydrogens is 654 g/mol. The summed E-state index contributed by atoms with van der Waals surface area (Å²) < 4.78 is 29.1. The first-order chi connectivity index (χ1) is 20.6. The van der Waals surface area contributed by atoms with E-state index in [0.717, 1.165) is 67.1 Å². The van der Waals surface area contributed by atoms with Crippen LogP contribution in [0.4, 0.5) is 11.4 Å². The van der Waals surface area contributed by atoms with Crippen molar-refractivity contribution in [2.45, 2.75) is 81.7 Å². The molecule has 3 saturated heterocycles. The van der Waals surface area contributed by atoms with E-state index in [-0.39, 0.29) is 28.8 Å². The molecule has 10 heteroatoms. The molecule has 44 heavy (non-hydrogen) atoms. The monoisotopic (exact) mass is 705 g/mol. The average Bonchev–Trinajstić information content (AvgIpc) is 3.11. The van der Waals surface area contributed by atoms with E-state index in [2.05, 4.69) is 41.9 Å². The van der Waals surface area contributed by atoms with Gasteiger partial charge in [-0.15, -0.1) is 0 Å². The normalized spacial score (nSPS) is 27.0. The Morgan fingerprint density at radius 1 is 1.07 bits per heavy atom. The van der Waals surface area contributed by atoms with E-state index in [9.17, 15) is 8.42 Å². The van der Waals surface area contributed by atoms with Crippen molar-refractivity contribution in [2.75, 3.05) is 62.8 Å². The van der Waals surface area contributed by atoms with Crippen LogP contribution in [0.5, 0.6) is 0 Å². The molecule has 7 nitrogen and oxygen atoms in total. The molecule has 3 N–H and O–H groups in total. The number of nitrogens with zero attached hydrogens (tertiary/aromatic N) is 2. The van der Waals surface area contributed by atoms with E-state index in [1.54, 1.807) is 6.07 Å². The van der Waals surface area contributed by atoms with Crippen molar-refractivity contribution in [2.24, 2.45) is 5.92 Å². The summed E-state index contributed by atoms with van der Waals surface area (Å²) in [4.78, 5) is 2.46. The van der Waals surface area contributed by atoms with Gasteiger partial charge in [0.15, 0.2) is 14.9 Å². The number of unbranched alkanes of at least 4 members (excludes halogenated alkanes) is 1. The molecule has 0 saturated carbocycles. The molecule has 2 unspecified atom stereocenters. The van der Waals surface area contributed by atoms with E-state index < -0.39 is 15.4 Å². The quantitative estimate of drug-likeness (QED) is 0.189. The highest BCUT2D eigenvalue weighted by Crippen LogP contribution is 2.40. The standard InChI is InChI=1S/C34H51N5O2S2.BrH/c1-5-7-17-34(6-2)25-43(40,41)31-13-12-29(38(3)4)24-30(31)32(37-34)27-10-8-11-28(23-27)36-33(42)35-18-9-19-39-20-14-26(15-21-39)16-22-39;/h8,10-13,23-24,26,32,37H,5-7,9,14-22,25H2,1-4H3,(H-,35,36,42);1H. The second-order valence-corrected chi connectivity index (χ2v) is 15.9. The number of fused-ring (bicyclic) bond motifs is 4. The van der Waals surface area contributed by atoms with Crippen LogP contribution in [-0.2, 0) is 9.84 Å². The molecule has 0 spiro atoms. The number of halogens is 1. The molecule has 0 aliphatic carbocycles. The lowest BCUT2D eigenvalue weighted by molar-refractivity contribution is -0.942. The van der Waals surface area contributed by atoms with Gasteiger partial charge in [-0.1, -0.05) is 38.8 Å². The van der Waals surface area contributed by atoms with Gasteiger partial charge in [-0.2, -0.15) is 0 Å². The molecule has 6 rings (SSSR count). The zero-order chi connectivity index (χ0) is 30.7. The van der Waals surface area contributed by atoms with Crippen LogP contribution in [0.15, 0.2) is 47.4 Å². The van der Waals surface area contributed by atoms with Crippen LogP contribution in [0.1, 0.15) is 82.4 Å². The van der Waals surface area contributed by atoms with Crippen molar-refractivity contribution in [3.05, 3.63) is 53.6 Å². The third-order valence-electron chi connectivity index (χ3n) is 10.4. The van der Waals surface area contributed by atoms with Crippen LogP contribution in [-0.4, -0.2) is 76.1 Å². The van der Waals surface area contributed by atoms with Crippen molar-refractivity contribution in [1.82, 2.24) is 10.6 Å². The maximum absolute atomic E-state index is 13.9. The third-order valence-corrected chi connectivity index (χ3v) is 12.6. The molecule has 0 aromatic heterocycles. The number of quaternary nitrogens is 1. The molecular formula is C34H52BrN5O2S2. The molecule has 4 heterocycles. The maximum atomic E-state index is 13.9. The Morgan fingerprint density at radius 2 is 1.80 bits per heavy atom. The summed E-state index contributed by atoms with van der Waals surface area (Å²) in [6, 6.07) is 13.8. The van der Waals surface area contributed by atoms with Gasteiger partial charge in [-0.25, -0.2) is 8.42 Å². The molecule has 244 valence electrons. The molecule has 0 amide bonds. The smallest absolute Gasteiger partial charge is 0.180 e. The first-order valence-electron chi connectivity index (χ1n) is 16.4. The lowest BCUT2D eigenvalue weighted by atomic mass is 9.85. The van der Waals surface area contributed by atoms with Crippen molar-refractivity contribution < 1.29 is 29.9 Å². The number of hydrogen-bond acceptors (Lipinski definition) is 5. The van der Waals surface area contributed by atoms with Crippen molar-refractivity contribution in [3.8, 4) is 0 Å². The number of piperidine rings is 3. The fourth-order valence-electron chi connectivity index (χ4n) is 7.55. The Morgan fingerprint density at radius 3 is 2.45 bits per heavy atom. The second kappa shape index (κ2) is 14.8. The summed E-state index contributed by atoms with van der Waals surface area (Å²) in [6.45, 7) is 10.4. The summed E-state index contributed by atoms with van der Waals surface area (Å²) in [6.07, 6.45) is 8.90. The van der Waals surface area contributed by atoms with Gasteiger partial charge in [0.1, 0.15) is 0 Å². The lowest BCUT2D eigenvalue weighted by Crippen LogP contribution is -3.00. The Bertz CT molecular complexity index is 1380. The number of benzene rings is 2. The van der Waals surface area contributed by atoms with Crippen LogP contribution >= 0.6 is 12.2 Å². The molecule has 2 atom stereocenters. The summed E-state index contributed by atoms with van der Waals surface area (Å²) in [5, 5.41) is 11.4. The topological polar surface area (TPSA) is 73.5 Å². The summed E-state index contributed by atoms with van der Waals surface area (Å²) in [5.41, 5.74) is 3.22. The Labute approximate surface area is 281 Å². The largest absolute Gasteiger partial charge is 1.00 e. The Balaban J connectivity index is 0.00000442. The van der Waals surface area contributed by atoms with Crippen LogP contribution in [0, 0.1) is 5.92 Å². The summed E-state index contributed by atoms with van der Waals surface area (Å²) in [5.74, 6) is 1.09. The number of sulfone groups is 1. The molecule has 0 radical (unpaired) electrons. The van der Waals surface area contributed by atoms with Gasteiger partial charge >= 0.3 is 0 Å². The third kappa shape index (κ3) is 7.97. The Hall–Kier alpha value is -1.72. The predicted octanol–water partition coefficient (Wildman–Crippen LogP) is 2.87. The zero-order valence-electron chi connectivity index (χ0n) is 27.0. The second-order valence-electron chi connectivity index (χ2n) is 13.5. The number of anilines is 2. The van der Waals surface area contributed by atoms with Gasteiger partial charge in [0.05, 0.1) is 42.9 Å². The minimum Gasteiger partial charge on any atom is -1.00 e. The van der Waals surface area contributed by atoms with Gasteiger partial charge in [0.2, 0.25) is 0 Å². The van der Waals surface area contributed by atoms with Crippen molar-refractivity contribution in [3.63, 3.8) is 0 Å². The van der Waals surface area contributed by atoms with Gasteiger partial charge in [0.25, 0.3) is 0 Å². The van der Waals surface area contributed by atoms with E-state index in [1.165, 1.54) is 49.9 Å². The number of thiocarbonyl (C=S) groups is 1. The first kappa shape index (κ1) is 35.1. The van der Waals surface area contributed by atoms with Gasteiger partial charge in [0, 0.05) is 44.0 Å². The van der Waals surface area contributed by atoms with Gasteiger partial charge < -0.3 is 37.0 Å². The highest BCUT2D eigenvalue weighted by molar-refractivity contribution is 7.91.